The summed E-state index contributed by atoms with van der Waals surface area (Å²) < 4.78 is 13.8. The minimum absolute atomic E-state index is 0.0987. The lowest BCUT2D eigenvalue weighted by Gasteiger charge is -2.38. The fourth-order valence-corrected chi connectivity index (χ4v) is 3.27. The van der Waals surface area contributed by atoms with Gasteiger partial charge in [0.15, 0.2) is 0 Å². The monoisotopic (exact) mass is 274 g/mol. The summed E-state index contributed by atoms with van der Waals surface area (Å²) in [6.45, 7) is 5.17. The topological polar surface area (TPSA) is 6.48 Å². The van der Waals surface area contributed by atoms with Crippen LogP contribution in [0, 0.1) is 11.7 Å². The summed E-state index contributed by atoms with van der Waals surface area (Å²) in [5.41, 5.74) is 0.757. The molecule has 3 heteroatoms. The maximum atomic E-state index is 13.8. The van der Waals surface area contributed by atoms with E-state index in [4.69, 9.17) is 0 Å². The van der Waals surface area contributed by atoms with Crippen LogP contribution in [-0.2, 0) is 0 Å². The van der Waals surface area contributed by atoms with Crippen molar-refractivity contribution in [2.24, 2.45) is 5.92 Å². The van der Waals surface area contributed by atoms with Crippen molar-refractivity contribution >= 4 is 5.69 Å². The maximum Gasteiger partial charge on any atom is 0.146 e. The Kier molecular flexibility index (Phi) is 4.36. The van der Waals surface area contributed by atoms with Crippen molar-refractivity contribution in [3.8, 4) is 0 Å². The average Bonchev–Trinajstić information content (AvgIpc) is 2.50. The third kappa shape index (κ3) is 3.21. The zero-order valence-corrected chi connectivity index (χ0v) is 12.0. The lowest BCUT2D eigenvalue weighted by molar-refractivity contribution is 0.211. The quantitative estimate of drug-likeness (QED) is 0.780. The Morgan fingerprint density at radius 3 is 2.55 bits per heavy atom. The van der Waals surface area contributed by atoms with Gasteiger partial charge in [-0.3, -0.25) is 4.90 Å². The molecule has 2 aliphatic rings. The van der Waals surface area contributed by atoms with Gasteiger partial charge in [0.05, 0.1) is 5.69 Å². The van der Waals surface area contributed by atoms with E-state index in [-0.39, 0.29) is 5.82 Å². The van der Waals surface area contributed by atoms with E-state index in [9.17, 15) is 4.39 Å². The predicted molar refractivity (Wildman–Crippen MR) is 81.5 cm³/mol. The molecule has 2 nitrogen and oxygen atoms in total. The molecule has 1 aliphatic carbocycles. The third-order valence-electron chi connectivity index (χ3n) is 4.46. The normalized spacial score (nSPS) is 24.1. The first-order chi connectivity index (χ1) is 9.83. The lowest BCUT2D eigenvalue weighted by atomic mass is 9.94. The Bertz CT molecular complexity index is 464. The summed E-state index contributed by atoms with van der Waals surface area (Å²) in [7, 11) is 0. The van der Waals surface area contributed by atoms with Crippen molar-refractivity contribution in [1.82, 2.24) is 4.90 Å². The maximum absolute atomic E-state index is 13.8. The number of piperazine rings is 1. The molecule has 108 valence electrons. The van der Waals surface area contributed by atoms with Gasteiger partial charge in [0.25, 0.3) is 0 Å². The summed E-state index contributed by atoms with van der Waals surface area (Å²) in [6.07, 6.45) is 8.41. The molecule has 0 amide bonds. The summed E-state index contributed by atoms with van der Waals surface area (Å²) in [4.78, 5) is 4.72. The molecule has 20 heavy (non-hydrogen) atoms. The molecule has 3 rings (SSSR count). The molecule has 1 aromatic rings. The van der Waals surface area contributed by atoms with Crippen LogP contribution < -0.4 is 4.90 Å². The molecule has 1 fully saturated rings. The van der Waals surface area contributed by atoms with E-state index in [0.717, 1.165) is 37.8 Å². The molecule has 1 atom stereocenters. The molecule has 1 heterocycles. The van der Waals surface area contributed by atoms with Gasteiger partial charge in [-0.15, -0.1) is 0 Å². The van der Waals surface area contributed by atoms with E-state index in [1.54, 1.807) is 12.1 Å². The average molecular weight is 274 g/mol. The van der Waals surface area contributed by atoms with Gasteiger partial charge < -0.3 is 4.90 Å². The Balaban J connectivity index is 1.52. The zero-order chi connectivity index (χ0) is 13.8. The largest absolute Gasteiger partial charge is 0.367 e. The van der Waals surface area contributed by atoms with Crippen LogP contribution in [0.2, 0.25) is 0 Å². The first-order valence-corrected chi connectivity index (χ1v) is 7.70. The molecular formula is C17H23FN2. The Hall–Kier alpha value is -1.35. The van der Waals surface area contributed by atoms with Gasteiger partial charge in [-0.05, 0) is 37.3 Å². The van der Waals surface area contributed by atoms with Gasteiger partial charge >= 0.3 is 0 Å². The number of nitrogens with zero attached hydrogens (tertiary/aromatic N) is 2. The van der Waals surface area contributed by atoms with Gasteiger partial charge in [-0.25, -0.2) is 4.39 Å². The van der Waals surface area contributed by atoms with E-state index < -0.39 is 0 Å². The van der Waals surface area contributed by atoms with Crippen LogP contribution in [0.1, 0.15) is 19.3 Å². The third-order valence-corrected chi connectivity index (χ3v) is 4.46. The van der Waals surface area contributed by atoms with E-state index in [1.165, 1.54) is 25.8 Å². The summed E-state index contributed by atoms with van der Waals surface area (Å²) >= 11 is 0. The molecule has 0 saturated carbocycles. The number of rotatable bonds is 3. The van der Waals surface area contributed by atoms with Crippen molar-refractivity contribution in [2.75, 3.05) is 37.6 Å². The molecule has 0 aromatic heterocycles. The lowest BCUT2D eigenvalue weighted by Crippen LogP contribution is -2.48. The highest BCUT2D eigenvalue weighted by atomic mass is 19.1. The second kappa shape index (κ2) is 6.40. The standard InChI is InChI=1S/C17H23FN2/c18-16-8-4-5-9-17(16)20-12-10-19(11-13-20)14-15-6-2-1-3-7-15/h1-2,4-5,8-9,15H,3,6-7,10-14H2. The Morgan fingerprint density at radius 2 is 1.85 bits per heavy atom. The number of hydrogen-bond donors (Lipinski definition) is 0. The molecular weight excluding hydrogens is 251 g/mol. The zero-order valence-electron chi connectivity index (χ0n) is 12.0. The molecule has 0 spiro atoms. The number of hydrogen-bond acceptors (Lipinski definition) is 2. The smallest absolute Gasteiger partial charge is 0.146 e. The van der Waals surface area contributed by atoms with Gasteiger partial charge in [0.2, 0.25) is 0 Å². The van der Waals surface area contributed by atoms with Crippen molar-refractivity contribution in [3.63, 3.8) is 0 Å². The van der Waals surface area contributed by atoms with Gasteiger partial charge in [-0.1, -0.05) is 24.3 Å². The molecule has 0 N–H and O–H groups in total. The van der Waals surface area contributed by atoms with E-state index in [2.05, 4.69) is 22.0 Å². The van der Waals surface area contributed by atoms with Crippen molar-refractivity contribution in [1.29, 1.82) is 0 Å². The minimum Gasteiger partial charge on any atom is -0.367 e. The number of allylic oxidation sites excluding steroid dienone is 2. The Morgan fingerprint density at radius 1 is 1.05 bits per heavy atom. The minimum atomic E-state index is -0.0987. The first-order valence-electron chi connectivity index (χ1n) is 7.70. The molecule has 1 aromatic carbocycles. The van der Waals surface area contributed by atoms with Crippen LogP contribution in [0.15, 0.2) is 36.4 Å². The second-order valence-corrected chi connectivity index (χ2v) is 5.89. The van der Waals surface area contributed by atoms with E-state index in [1.807, 2.05) is 12.1 Å². The van der Waals surface area contributed by atoms with Crippen LogP contribution in [-0.4, -0.2) is 37.6 Å². The summed E-state index contributed by atoms with van der Waals surface area (Å²) in [5.74, 6) is 0.721. The fraction of sp³-hybridized carbons (Fsp3) is 0.529. The molecule has 0 radical (unpaired) electrons. The highest BCUT2D eigenvalue weighted by Crippen LogP contribution is 2.22. The highest BCUT2D eigenvalue weighted by molar-refractivity contribution is 5.47. The molecule has 1 aliphatic heterocycles. The number of anilines is 1. The first kappa shape index (κ1) is 13.6. The number of benzene rings is 1. The van der Waals surface area contributed by atoms with Crippen LogP contribution in [0.5, 0.6) is 0 Å². The van der Waals surface area contributed by atoms with Gasteiger partial charge in [-0.2, -0.15) is 0 Å². The molecule has 0 bridgehead atoms. The van der Waals surface area contributed by atoms with Crippen LogP contribution in [0.4, 0.5) is 10.1 Å². The second-order valence-electron chi connectivity index (χ2n) is 5.89. The van der Waals surface area contributed by atoms with Crippen molar-refractivity contribution in [2.45, 2.75) is 19.3 Å². The number of halogens is 1. The Labute approximate surface area is 120 Å². The highest BCUT2D eigenvalue weighted by Gasteiger charge is 2.21. The van der Waals surface area contributed by atoms with Crippen LogP contribution >= 0.6 is 0 Å². The van der Waals surface area contributed by atoms with Crippen LogP contribution in [0.25, 0.3) is 0 Å². The fourth-order valence-electron chi connectivity index (χ4n) is 3.27. The summed E-state index contributed by atoms with van der Waals surface area (Å²) in [6, 6.07) is 7.11. The SMILES string of the molecule is Fc1ccccc1N1CCN(CC2CC=CCC2)CC1. The van der Waals surface area contributed by atoms with Crippen LogP contribution in [0.3, 0.4) is 0 Å². The molecule has 1 unspecified atom stereocenters. The van der Waals surface area contributed by atoms with Gasteiger partial charge in [0, 0.05) is 32.7 Å². The van der Waals surface area contributed by atoms with Gasteiger partial charge in [0.1, 0.15) is 5.82 Å². The van der Waals surface area contributed by atoms with Crippen molar-refractivity contribution < 1.29 is 4.39 Å². The molecule has 1 saturated heterocycles. The number of para-hydroxylation sites is 1. The van der Waals surface area contributed by atoms with Crippen molar-refractivity contribution in [3.05, 3.63) is 42.2 Å². The predicted octanol–water partition coefficient (Wildman–Crippen LogP) is 3.30. The summed E-state index contributed by atoms with van der Waals surface area (Å²) in [5, 5.41) is 0. The van der Waals surface area contributed by atoms with E-state index >= 15 is 0 Å². The van der Waals surface area contributed by atoms with E-state index in [0.29, 0.717) is 0 Å².